The summed E-state index contributed by atoms with van der Waals surface area (Å²) >= 11 is 0. The molecule has 1 fully saturated rings. The third-order valence-corrected chi connectivity index (χ3v) is 4.47. The van der Waals surface area contributed by atoms with Crippen molar-refractivity contribution in [3.8, 4) is 5.75 Å². The number of benzene rings is 1. The number of hydrogen-bond acceptors (Lipinski definition) is 5. The molecule has 3 rings (SSSR count). The summed E-state index contributed by atoms with van der Waals surface area (Å²) in [4.78, 5) is 9.12. The van der Waals surface area contributed by atoms with Crippen molar-refractivity contribution in [2.45, 2.75) is 20.0 Å². The van der Waals surface area contributed by atoms with E-state index in [4.69, 9.17) is 9.26 Å². The lowest BCUT2D eigenvalue weighted by atomic mass is 10.2. The number of aromatic nitrogens is 1. The van der Waals surface area contributed by atoms with Crippen LogP contribution in [0.5, 0.6) is 5.75 Å². The van der Waals surface area contributed by atoms with E-state index in [0.29, 0.717) is 13.2 Å². The van der Waals surface area contributed by atoms with E-state index in [1.165, 1.54) is 0 Å². The predicted octanol–water partition coefficient (Wildman–Crippen LogP) is 1.97. The molecule has 7 nitrogen and oxygen atoms in total. The average Bonchev–Trinajstić information content (AvgIpc) is 3.18. The van der Waals surface area contributed by atoms with Gasteiger partial charge in [0.25, 0.3) is 0 Å². The van der Waals surface area contributed by atoms with E-state index in [2.05, 4.69) is 31.3 Å². The highest BCUT2D eigenvalue weighted by molar-refractivity contribution is 5.80. The summed E-state index contributed by atoms with van der Waals surface area (Å²) in [6, 6.07) is 10.0. The summed E-state index contributed by atoms with van der Waals surface area (Å²) in [5.74, 6) is 1.85. The van der Waals surface area contributed by atoms with E-state index < -0.39 is 0 Å². The first-order chi connectivity index (χ1) is 12.8. The first-order valence-corrected chi connectivity index (χ1v) is 9.08. The van der Waals surface area contributed by atoms with Crippen LogP contribution in [0.4, 0.5) is 0 Å². The first-order valence-electron chi connectivity index (χ1n) is 9.08. The molecule has 0 atom stereocenters. The van der Waals surface area contributed by atoms with Gasteiger partial charge in [-0.25, -0.2) is 0 Å². The fraction of sp³-hybridized carbons (Fsp3) is 0.474. The van der Waals surface area contributed by atoms with Crippen molar-refractivity contribution >= 4 is 5.96 Å². The number of nitrogens with zero attached hydrogens (tertiary/aromatic N) is 4. The maximum atomic E-state index is 5.70. The van der Waals surface area contributed by atoms with E-state index in [1.54, 1.807) is 6.26 Å². The molecule has 1 N–H and O–H groups in total. The number of guanidine groups is 1. The molecule has 26 heavy (non-hydrogen) atoms. The van der Waals surface area contributed by atoms with Crippen molar-refractivity contribution in [3.63, 3.8) is 0 Å². The minimum atomic E-state index is 0.666. The summed E-state index contributed by atoms with van der Waals surface area (Å²) in [5.41, 5.74) is 2.12. The van der Waals surface area contributed by atoms with Crippen LogP contribution in [0.1, 0.15) is 18.2 Å². The van der Waals surface area contributed by atoms with Gasteiger partial charge in [0.15, 0.2) is 5.96 Å². The molecule has 0 radical (unpaired) electrons. The van der Waals surface area contributed by atoms with Crippen LogP contribution in [-0.2, 0) is 13.1 Å². The summed E-state index contributed by atoms with van der Waals surface area (Å²) in [5, 5.41) is 7.45. The predicted molar refractivity (Wildman–Crippen MR) is 101 cm³/mol. The van der Waals surface area contributed by atoms with Gasteiger partial charge in [0.05, 0.1) is 12.3 Å². The first kappa shape index (κ1) is 18.3. The quantitative estimate of drug-likeness (QED) is 0.630. The van der Waals surface area contributed by atoms with Crippen LogP contribution in [0, 0.1) is 0 Å². The Morgan fingerprint density at radius 1 is 1.23 bits per heavy atom. The maximum absolute atomic E-state index is 5.70. The average molecular weight is 357 g/mol. The SMILES string of the molecule is CCOc1ccccc1CNC(=NC)N1CCN(Cc2ccon2)CC1. The van der Waals surface area contributed by atoms with E-state index >= 15 is 0 Å². The Morgan fingerprint density at radius 2 is 2.04 bits per heavy atom. The molecule has 1 aliphatic rings. The molecule has 1 aliphatic heterocycles. The zero-order valence-electron chi connectivity index (χ0n) is 15.5. The second-order valence-electron chi connectivity index (χ2n) is 6.20. The van der Waals surface area contributed by atoms with Crippen LogP contribution in [0.2, 0.25) is 0 Å². The molecule has 0 bridgehead atoms. The van der Waals surface area contributed by atoms with Crippen LogP contribution in [0.3, 0.4) is 0 Å². The summed E-state index contributed by atoms with van der Waals surface area (Å²) in [7, 11) is 1.83. The minimum absolute atomic E-state index is 0.666. The van der Waals surface area contributed by atoms with Gasteiger partial charge in [-0.15, -0.1) is 0 Å². The zero-order chi connectivity index (χ0) is 18.2. The molecule has 1 aromatic carbocycles. The van der Waals surface area contributed by atoms with Gasteiger partial charge >= 0.3 is 0 Å². The Bertz CT molecular complexity index is 694. The number of rotatable bonds is 6. The normalized spacial score (nSPS) is 15.9. The standard InChI is InChI=1S/C19H27N5O2/c1-3-25-18-7-5-4-6-16(18)14-21-19(20-2)24-11-9-23(10-12-24)15-17-8-13-26-22-17/h4-8,13H,3,9-12,14-15H2,1-2H3,(H,20,21). The van der Waals surface area contributed by atoms with Gasteiger partial charge < -0.3 is 19.5 Å². The largest absolute Gasteiger partial charge is 0.494 e. The van der Waals surface area contributed by atoms with E-state index in [1.807, 2.05) is 38.2 Å². The molecular formula is C19H27N5O2. The number of para-hydroxylation sites is 1. The van der Waals surface area contributed by atoms with Crippen LogP contribution in [0.25, 0.3) is 0 Å². The summed E-state index contributed by atoms with van der Waals surface area (Å²) in [6.45, 7) is 8.02. The summed E-state index contributed by atoms with van der Waals surface area (Å²) < 4.78 is 10.6. The molecule has 0 unspecified atom stereocenters. The van der Waals surface area contributed by atoms with Crippen molar-refractivity contribution in [1.82, 2.24) is 20.3 Å². The number of piperazine rings is 1. The topological polar surface area (TPSA) is 66.1 Å². The number of ether oxygens (including phenoxy) is 1. The van der Waals surface area contributed by atoms with Crippen molar-refractivity contribution in [2.75, 3.05) is 39.8 Å². The number of nitrogens with one attached hydrogen (secondary N) is 1. The van der Waals surface area contributed by atoms with Crippen molar-refractivity contribution in [2.24, 2.45) is 4.99 Å². The minimum Gasteiger partial charge on any atom is -0.494 e. The van der Waals surface area contributed by atoms with Crippen LogP contribution < -0.4 is 10.1 Å². The molecule has 0 amide bonds. The Kier molecular flexibility index (Phi) is 6.49. The van der Waals surface area contributed by atoms with Gasteiger partial charge in [-0.1, -0.05) is 23.4 Å². The molecule has 2 heterocycles. The number of aliphatic imine (C=N–C) groups is 1. The van der Waals surface area contributed by atoms with Crippen molar-refractivity contribution in [3.05, 3.63) is 47.9 Å². The third-order valence-electron chi connectivity index (χ3n) is 4.47. The molecule has 0 saturated carbocycles. The molecule has 1 saturated heterocycles. The Balaban J connectivity index is 1.51. The maximum Gasteiger partial charge on any atom is 0.194 e. The van der Waals surface area contributed by atoms with Crippen molar-refractivity contribution in [1.29, 1.82) is 0 Å². The fourth-order valence-corrected chi connectivity index (χ4v) is 3.12. The van der Waals surface area contributed by atoms with Gasteiger partial charge in [-0.05, 0) is 13.0 Å². The fourth-order valence-electron chi connectivity index (χ4n) is 3.12. The highest BCUT2D eigenvalue weighted by Gasteiger charge is 2.20. The van der Waals surface area contributed by atoms with Gasteiger partial charge in [-0.2, -0.15) is 0 Å². The van der Waals surface area contributed by atoms with E-state index in [-0.39, 0.29) is 0 Å². The Labute approximate surface area is 154 Å². The number of hydrogen-bond donors (Lipinski definition) is 1. The Morgan fingerprint density at radius 3 is 2.73 bits per heavy atom. The highest BCUT2D eigenvalue weighted by atomic mass is 16.5. The summed E-state index contributed by atoms with van der Waals surface area (Å²) in [6.07, 6.45) is 1.62. The third kappa shape index (κ3) is 4.76. The van der Waals surface area contributed by atoms with Crippen LogP contribution in [0.15, 0.2) is 46.1 Å². The van der Waals surface area contributed by atoms with E-state index in [0.717, 1.165) is 55.7 Å². The van der Waals surface area contributed by atoms with Gasteiger partial charge in [0.1, 0.15) is 12.0 Å². The molecule has 0 spiro atoms. The van der Waals surface area contributed by atoms with Crippen LogP contribution in [-0.4, -0.2) is 60.7 Å². The highest BCUT2D eigenvalue weighted by Crippen LogP contribution is 2.17. The molecule has 0 aliphatic carbocycles. The zero-order valence-corrected chi connectivity index (χ0v) is 15.5. The second kappa shape index (κ2) is 9.24. The monoisotopic (exact) mass is 357 g/mol. The molecule has 2 aromatic rings. The lowest BCUT2D eigenvalue weighted by Crippen LogP contribution is -2.52. The van der Waals surface area contributed by atoms with Crippen LogP contribution >= 0.6 is 0 Å². The Hall–Kier alpha value is -2.54. The lowest BCUT2D eigenvalue weighted by molar-refractivity contribution is 0.169. The molecule has 7 heteroatoms. The van der Waals surface area contributed by atoms with Gasteiger partial charge in [-0.3, -0.25) is 9.89 Å². The van der Waals surface area contributed by atoms with Gasteiger partial charge in [0.2, 0.25) is 0 Å². The molecule has 1 aromatic heterocycles. The lowest BCUT2D eigenvalue weighted by Gasteiger charge is -2.36. The molecular weight excluding hydrogens is 330 g/mol. The van der Waals surface area contributed by atoms with Gasteiger partial charge in [0, 0.05) is 57.9 Å². The second-order valence-corrected chi connectivity index (χ2v) is 6.20. The molecule has 140 valence electrons. The van der Waals surface area contributed by atoms with Crippen molar-refractivity contribution < 1.29 is 9.26 Å². The van der Waals surface area contributed by atoms with E-state index in [9.17, 15) is 0 Å². The smallest absolute Gasteiger partial charge is 0.194 e.